The minimum absolute atomic E-state index is 0.0155. The van der Waals surface area contributed by atoms with Crippen LogP contribution in [0.25, 0.3) is 0 Å². The third kappa shape index (κ3) is 3.68. The van der Waals surface area contributed by atoms with Gasteiger partial charge in [0.2, 0.25) is 0 Å². The smallest absolute Gasteiger partial charge is 0.282 e. The molecule has 21 heavy (non-hydrogen) atoms. The second-order valence-corrected chi connectivity index (χ2v) is 6.91. The first-order valence-electron chi connectivity index (χ1n) is 6.75. The number of hydrogen-bond donors (Lipinski definition) is 1. The highest BCUT2D eigenvalue weighted by molar-refractivity contribution is 8.00. The maximum Gasteiger partial charge on any atom is 0.282 e. The van der Waals surface area contributed by atoms with Crippen LogP contribution in [0.15, 0.2) is 18.2 Å². The number of benzene rings is 1. The highest BCUT2D eigenvalue weighted by Gasteiger charge is 2.33. The standard InChI is InChI=1S/C14H17ClN2O3S/c1-21-14(6-2-3-7-14)9-16-13(18)11-8-10(15)4-5-12(11)17(19)20/h4-5,8H,2-3,6-7,9H2,1H3,(H,16,18). The summed E-state index contributed by atoms with van der Waals surface area (Å²) < 4.78 is 0.0585. The number of nitro groups is 1. The van der Waals surface area contributed by atoms with Crippen molar-refractivity contribution in [2.24, 2.45) is 0 Å². The van der Waals surface area contributed by atoms with E-state index in [1.165, 1.54) is 18.2 Å². The zero-order valence-corrected chi connectivity index (χ0v) is 13.3. The number of carbonyl (C=O) groups is 1. The van der Waals surface area contributed by atoms with E-state index in [-0.39, 0.29) is 16.0 Å². The molecule has 2 rings (SSSR count). The molecule has 0 heterocycles. The number of rotatable bonds is 5. The normalized spacial score (nSPS) is 16.7. The van der Waals surface area contributed by atoms with E-state index >= 15 is 0 Å². The zero-order chi connectivity index (χ0) is 15.5. The molecule has 7 heteroatoms. The van der Waals surface area contributed by atoms with Gasteiger partial charge in [-0.2, -0.15) is 11.8 Å². The summed E-state index contributed by atoms with van der Waals surface area (Å²) in [4.78, 5) is 22.7. The van der Waals surface area contributed by atoms with Crippen LogP contribution in [0, 0.1) is 10.1 Å². The van der Waals surface area contributed by atoms with Gasteiger partial charge in [0.15, 0.2) is 0 Å². The summed E-state index contributed by atoms with van der Waals surface area (Å²) in [6.45, 7) is 0.524. The fourth-order valence-electron chi connectivity index (χ4n) is 2.66. The average molecular weight is 329 g/mol. The van der Waals surface area contributed by atoms with Crippen molar-refractivity contribution in [2.75, 3.05) is 12.8 Å². The Kier molecular flexibility index (Phi) is 5.11. The van der Waals surface area contributed by atoms with Crippen LogP contribution in [-0.2, 0) is 0 Å². The third-order valence-electron chi connectivity index (χ3n) is 3.92. The second kappa shape index (κ2) is 6.66. The van der Waals surface area contributed by atoms with Crippen molar-refractivity contribution in [3.8, 4) is 0 Å². The number of halogens is 1. The first kappa shape index (κ1) is 16.1. The molecule has 1 aliphatic rings. The average Bonchev–Trinajstić information content (AvgIpc) is 2.94. The fraction of sp³-hybridized carbons (Fsp3) is 0.500. The summed E-state index contributed by atoms with van der Waals surface area (Å²) in [5.41, 5.74) is -0.205. The largest absolute Gasteiger partial charge is 0.350 e. The molecule has 1 aromatic rings. The van der Waals surface area contributed by atoms with Crippen molar-refractivity contribution in [1.29, 1.82) is 0 Å². The first-order valence-corrected chi connectivity index (χ1v) is 8.35. The number of nitrogens with one attached hydrogen (secondary N) is 1. The van der Waals surface area contributed by atoms with Crippen molar-refractivity contribution < 1.29 is 9.72 Å². The van der Waals surface area contributed by atoms with E-state index in [0.29, 0.717) is 11.6 Å². The first-order chi connectivity index (χ1) is 9.97. The third-order valence-corrected chi connectivity index (χ3v) is 5.57. The minimum atomic E-state index is -0.564. The van der Waals surface area contributed by atoms with E-state index in [1.54, 1.807) is 11.8 Å². The van der Waals surface area contributed by atoms with Crippen LogP contribution >= 0.6 is 23.4 Å². The molecule has 1 aromatic carbocycles. The molecule has 1 saturated carbocycles. The van der Waals surface area contributed by atoms with Gasteiger partial charge in [0.25, 0.3) is 11.6 Å². The van der Waals surface area contributed by atoms with Crippen LogP contribution in [0.1, 0.15) is 36.0 Å². The molecule has 1 amide bonds. The van der Waals surface area contributed by atoms with Gasteiger partial charge in [-0.25, -0.2) is 0 Å². The Hall–Kier alpha value is -1.27. The van der Waals surface area contributed by atoms with Crippen molar-refractivity contribution >= 4 is 35.0 Å². The summed E-state index contributed by atoms with van der Waals surface area (Å²) >= 11 is 7.60. The molecule has 5 nitrogen and oxygen atoms in total. The van der Waals surface area contributed by atoms with Crippen molar-refractivity contribution in [3.05, 3.63) is 38.9 Å². The van der Waals surface area contributed by atoms with Crippen molar-refractivity contribution in [3.63, 3.8) is 0 Å². The zero-order valence-electron chi connectivity index (χ0n) is 11.7. The van der Waals surface area contributed by atoms with Gasteiger partial charge in [0, 0.05) is 22.4 Å². The molecule has 114 valence electrons. The van der Waals surface area contributed by atoms with Gasteiger partial charge < -0.3 is 5.32 Å². The molecule has 1 fully saturated rings. The maximum atomic E-state index is 12.3. The molecule has 0 bridgehead atoms. The molecule has 0 unspecified atom stereocenters. The Morgan fingerprint density at radius 3 is 2.71 bits per heavy atom. The number of amides is 1. The summed E-state index contributed by atoms with van der Waals surface area (Å²) in [6, 6.07) is 4.02. The molecule has 1 N–H and O–H groups in total. The lowest BCUT2D eigenvalue weighted by Crippen LogP contribution is -2.38. The van der Waals surface area contributed by atoms with Crippen LogP contribution in [-0.4, -0.2) is 28.4 Å². The second-order valence-electron chi connectivity index (χ2n) is 5.20. The highest BCUT2D eigenvalue weighted by Crippen LogP contribution is 2.39. The molecule has 0 spiro atoms. The lowest BCUT2D eigenvalue weighted by molar-refractivity contribution is -0.385. The van der Waals surface area contributed by atoms with Gasteiger partial charge in [-0.3, -0.25) is 14.9 Å². The van der Waals surface area contributed by atoms with Crippen LogP contribution in [0.3, 0.4) is 0 Å². The number of nitrogens with zero attached hydrogens (tertiary/aromatic N) is 1. The van der Waals surface area contributed by atoms with Crippen molar-refractivity contribution in [2.45, 2.75) is 30.4 Å². The summed E-state index contributed by atoms with van der Waals surface area (Å²) in [7, 11) is 0. The van der Waals surface area contributed by atoms with Gasteiger partial charge in [0.1, 0.15) is 5.56 Å². The molecular formula is C14H17ClN2O3S. The summed E-state index contributed by atoms with van der Waals surface area (Å²) in [5.74, 6) is -0.440. The molecule has 0 saturated heterocycles. The van der Waals surface area contributed by atoms with Gasteiger partial charge in [-0.05, 0) is 31.2 Å². The molecule has 1 aliphatic carbocycles. The predicted molar refractivity (Wildman–Crippen MR) is 85.2 cm³/mol. The Bertz CT molecular complexity index is 559. The van der Waals surface area contributed by atoms with Crippen LogP contribution in [0.4, 0.5) is 5.69 Å². The maximum absolute atomic E-state index is 12.3. The highest BCUT2D eigenvalue weighted by atomic mass is 35.5. The summed E-state index contributed by atoms with van der Waals surface area (Å²) in [5, 5.41) is 14.1. The quantitative estimate of drug-likeness (QED) is 0.661. The molecule has 0 radical (unpaired) electrons. The predicted octanol–water partition coefficient (Wildman–Crippen LogP) is 3.65. The van der Waals surface area contributed by atoms with E-state index in [1.807, 2.05) is 6.26 Å². The van der Waals surface area contributed by atoms with E-state index in [2.05, 4.69) is 5.32 Å². The van der Waals surface area contributed by atoms with Crippen molar-refractivity contribution in [1.82, 2.24) is 5.32 Å². The molecule has 0 aromatic heterocycles. The molecular weight excluding hydrogens is 312 g/mol. The molecule has 0 atom stereocenters. The van der Waals surface area contributed by atoms with E-state index in [0.717, 1.165) is 25.7 Å². The Balaban J connectivity index is 2.13. The number of hydrogen-bond acceptors (Lipinski definition) is 4. The topological polar surface area (TPSA) is 72.2 Å². The lowest BCUT2D eigenvalue weighted by Gasteiger charge is -2.26. The van der Waals surface area contributed by atoms with Crippen LogP contribution in [0.2, 0.25) is 5.02 Å². The Labute approximate surface area is 132 Å². The van der Waals surface area contributed by atoms with Gasteiger partial charge >= 0.3 is 0 Å². The number of nitro benzene ring substituents is 1. The van der Waals surface area contributed by atoms with Crippen LogP contribution < -0.4 is 5.32 Å². The Morgan fingerprint density at radius 2 is 2.14 bits per heavy atom. The monoisotopic (exact) mass is 328 g/mol. The van der Waals surface area contributed by atoms with E-state index in [9.17, 15) is 14.9 Å². The van der Waals surface area contributed by atoms with E-state index in [4.69, 9.17) is 11.6 Å². The molecule has 0 aliphatic heterocycles. The fourth-order valence-corrected chi connectivity index (χ4v) is 3.74. The van der Waals surface area contributed by atoms with Crippen LogP contribution in [0.5, 0.6) is 0 Å². The summed E-state index contributed by atoms with van der Waals surface area (Å²) in [6.07, 6.45) is 6.49. The SMILES string of the molecule is CSC1(CNC(=O)c2cc(Cl)ccc2[N+](=O)[O-])CCCC1. The van der Waals surface area contributed by atoms with Gasteiger partial charge in [0.05, 0.1) is 4.92 Å². The lowest BCUT2D eigenvalue weighted by atomic mass is 10.1. The number of carbonyl (C=O) groups excluding carboxylic acids is 1. The minimum Gasteiger partial charge on any atom is -0.350 e. The van der Waals surface area contributed by atoms with E-state index < -0.39 is 10.8 Å². The Morgan fingerprint density at radius 1 is 1.48 bits per heavy atom. The van der Waals surface area contributed by atoms with Gasteiger partial charge in [-0.1, -0.05) is 24.4 Å². The number of thioether (sulfide) groups is 1. The van der Waals surface area contributed by atoms with Gasteiger partial charge in [-0.15, -0.1) is 0 Å².